The largest absolute Gasteiger partial charge is 0.447 e. The zero-order valence-corrected chi connectivity index (χ0v) is 9.93. The summed E-state index contributed by atoms with van der Waals surface area (Å²) in [6.07, 6.45) is 6.34. The molecule has 1 aliphatic rings. The van der Waals surface area contributed by atoms with E-state index in [0.29, 0.717) is 13.2 Å². The lowest BCUT2D eigenvalue weighted by Crippen LogP contribution is -2.16. The molecule has 0 spiro atoms. The van der Waals surface area contributed by atoms with Gasteiger partial charge in [-0.15, -0.1) is 0 Å². The van der Waals surface area contributed by atoms with Crippen LogP contribution in [0.4, 0.5) is 4.79 Å². The van der Waals surface area contributed by atoms with Gasteiger partial charge in [0.25, 0.3) is 0 Å². The molecular weight excluding hydrogens is 228 g/mol. The molecule has 2 aromatic rings. The molecule has 4 heteroatoms. The smallest absolute Gasteiger partial charge is 0.413 e. The number of rotatable bonds is 3. The third kappa shape index (κ3) is 1.97. The first-order valence-corrected chi connectivity index (χ1v) is 5.99. The minimum Gasteiger partial charge on any atom is -0.447 e. The second-order valence-corrected chi connectivity index (χ2v) is 4.26. The van der Waals surface area contributed by atoms with Gasteiger partial charge in [-0.25, -0.2) is 4.79 Å². The van der Waals surface area contributed by atoms with Crippen molar-refractivity contribution in [1.82, 2.24) is 9.88 Å². The zero-order chi connectivity index (χ0) is 12.4. The highest BCUT2D eigenvalue weighted by Crippen LogP contribution is 2.18. The van der Waals surface area contributed by atoms with Crippen molar-refractivity contribution < 1.29 is 9.53 Å². The summed E-state index contributed by atoms with van der Waals surface area (Å²) < 4.78 is 4.85. The first-order chi connectivity index (χ1) is 8.84. The lowest BCUT2D eigenvalue weighted by molar-refractivity contribution is 0.166. The summed E-state index contributed by atoms with van der Waals surface area (Å²) in [5.74, 6) is 0. The number of aromatic amines is 1. The number of cyclic esters (lactones) is 1. The number of ether oxygens (including phenoxy) is 1. The molecule has 1 aliphatic heterocycles. The lowest BCUT2D eigenvalue weighted by Gasteiger charge is -2.04. The van der Waals surface area contributed by atoms with Gasteiger partial charge >= 0.3 is 6.09 Å². The summed E-state index contributed by atoms with van der Waals surface area (Å²) in [7, 11) is 0. The fraction of sp³-hybridized carbons (Fsp3) is 0.214. The summed E-state index contributed by atoms with van der Waals surface area (Å²) in [5, 5.41) is 1.23. The second kappa shape index (κ2) is 4.56. The average Bonchev–Trinajstić information content (AvgIpc) is 2.97. The molecule has 1 aromatic carbocycles. The van der Waals surface area contributed by atoms with Gasteiger partial charge in [-0.2, -0.15) is 0 Å². The number of carbonyl (C=O) groups is 1. The summed E-state index contributed by atoms with van der Waals surface area (Å²) in [4.78, 5) is 16.1. The number of allylic oxidation sites excluding steroid dienone is 1. The Hall–Kier alpha value is -2.23. The Labute approximate surface area is 105 Å². The molecule has 0 bridgehead atoms. The van der Waals surface area contributed by atoms with Crippen molar-refractivity contribution in [3.63, 3.8) is 0 Å². The van der Waals surface area contributed by atoms with Gasteiger partial charge in [0.2, 0.25) is 0 Å². The highest BCUT2D eigenvalue weighted by molar-refractivity contribution is 5.83. The third-order valence-corrected chi connectivity index (χ3v) is 3.09. The van der Waals surface area contributed by atoms with Gasteiger partial charge in [0.1, 0.15) is 6.61 Å². The number of benzene rings is 1. The molecule has 1 fully saturated rings. The number of nitrogens with one attached hydrogen (secondary N) is 1. The Balaban J connectivity index is 1.73. The van der Waals surface area contributed by atoms with Crippen LogP contribution in [0.15, 0.2) is 42.7 Å². The van der Waals surface area contributed by atoms with Crippen molar-refractivity contribution in [3.8, 4) is 0 Å². The number of hydrogen-bond donors (Lipinski definition) is 1. The van der Waals surface area contributed by atoms with Crippen molar-refractivity contribution >= 4 is 17.0 Å². The third-order valence-electron chi connectivity index (χ3n) is 3.09. The van der Waals surface area contributed by atoms with Crippen LogP contribution in [-0.4, -0.2) is 29.1 Å². The Kier molecular flexibility index (Phi) is 2.76. The van der Waals surface area contributed by atoms with Crippen molar-refractivity contribution in [2.24, 2.45) is 0 Å². The molecule has 1 amide bonds. The zero-order valence-electron chi connectivity index (χ0n) is 9.93. The number of H-pyrrole nitrogens is 1. The molecule has 1 aromatic heterocycles. The van der Waals surface area contributed by atoms with Crippen molar-refractivity contribution in [1.29, 1.82) is 0 Å². The molecule has 1 N–H and O–H groups in total. The van der Waals surface area contributed by atoms with E-state index >= 15 is 0 Å². The summed E-state index contributed by atoms with van der Waals surface area (Å²) in [6, 6.07) is 8.19. The molecule has 18 heavy (non-hydrogen) atoms. The van der Waals surface area contributed by atoms with E-state index in [1.165, 1.54) is 10.9 Å². The quantitative estimate of drug-likeness (QED) is 0.899. The predicted octanol–water partition coefficient (Wildman–Crippen LogP) is 2.68. The van der Waals surface area contributed by atoms with E-state index in [-0.39, 0.29) is 6.09 Å². The van der Waals surface area contributed by atoms with E-state index in [0.717, 1.165) is 11.9 Å². The molecule has 3 rings (SSSR count). The van der Waals surface area contributed by atoms with E-state index in [2.05, 4.69) is 17.1 Å². The van der Waals surface area contributed by atoms with Gasteiger partial charge in [0.05, 0.1) is 6.54 Å². The number of nitrogens with zero attached hydrogens (tertiary/aromatic N) is 1. The van der Waals surface area contributed by atoms with Crippen LogP contribution in [0.2, 0.25) is 0 Å². The molecule has 2 heterocycles. The van der Waals surface area contributed by atoms with Gasteiger partial charge in [0.15, 0.2) is 0 Å². The first kappa shape index (κ1) is 10.9. The summed E-state index contributed by atoms with van der Waals surface area (Å²) in [6.45, 7) is 1.12. The van der Waals surface area contributed by atoms with Crippen LogP contribution in [0.5, 0.6) is 0 Å². The normalized spacial score (nSPS) is 15.8. The number of carbonyl (C=O) groups excluding carboxylic acids is 1. The van der Waals surface area contributed by atoms with Crippen LogP contribution >= 0.6 is 0 Å². The van der Waals surface area contributed by atoms with Crippen LogP contribution < -0.4 is 0 Å². The van der Waals surface area contributed by atoms with E-state index < -0.39 is 0 Å². The average molecular weight is 242 g/mol. The summed E-state index contributed by atoms with van der Waals surface area (Å²) in [5.41, 5.74) is 2.37. The SMILES string of the molecule is O=C1OCCN1/C=C/Cc1c[nH]c2ccccc12. The molecule has 0 unspecified atom stereocenters. The minimum atomic E-state index is -0.259. The maximum Gasteiger partial charge on any atom is 0.413 e. The molecule has 92 valence electrons. The van der Waals surface area contributed by atoms with Crippen LogP contribution in [0.3, 0.4) is 0 Å². The Morgan fingerprint density at radius 2 is 2.28 bits per heavy atom. The highest BCUT2D eigenvalue weighted by Gasteiger charge is 2.18. The van der Waals surface area contributed by atoms with Gasteiger partial charge in [-0.1, -0.05) is 24.3 Å². The number of fused-ring (bicyclic) bond motifs is 1. The van der Waals surface area contributed by atoms with Crippen LogP contribution in [0, 0.1) is 0 Å². The fourth-order valence-electron chi connectivity index (χ4n) is 2.15. The maximum absolute atomic E-state index is 11.2. The van der Waals surface area contributed by atoms with Crippen LogP contribution in [0.25, 0.3) is 10.9 Å². The van der Waals surface area contributed by atoms with E-state index in [1.54, 1.807) is 11.1 Å². The summed E-state index contributed by atoms with van der Waals surface area (Å²) >= 11 is 0. The highest BCUT2D eigenvalue weighted by atomic mass is 16.6. The van der Waals surface area contributed by atoms with E-state index in [9.17, 15) is 4.79 Å². The van der Waals surface area contributed by atoms with Crippen molar-refractivity contribution in [2.75, 3.05) is 13.2 Å². The fourth-order valence-corrected chi connectivity index (χ4v) is 2.15. The van der Waals surface area contributed by atoms with E-state index in [1.807, 2.05) is 24.4 Å². The van der Waals surface area contributed by atoms with Gasteiger partial charge in [0, 0.05) is 23.3 Å². The van der Waals surface area contributed by atoms with Gasteiger partial charge in [-0.3, -0.25) is 4.90 Å². The molecule has 1 saturated heterocycles. The van der Waals surface area contributed by atoms with Gasteiger partial charge in [-0.05, 0) is 18.1 Å². The number of hydrogen-bond acceptors (Lipinski definition) is 2. The van der Waals surface area contributed by atoms with Crippen molar-refractivity contribution in [3.05, 3.63) is 48.3 Å². The van der Waals surface area contributed by atoms with E-state index in [4.69, 9.17) is 4.74 Å². The number of aromatic nitrogens is 1. The lowest BCUT2D eigenvalue weighted by atomic mass is 10.1. The monoisotopic (exact) mass is 242 g/mol. The van der Waals surface area contributed by atoms with Crippen LogP contribution in [-0.2, 0) is 11.2 Å². The molecule has 0 atom stereocenters. The number of amides is 1. The molecule has 4 nitrogen and oxygen atoms in total. The Morgan fingerprint density at radius 3 is 3.11 bits per heavy atom. The van der Waals surface area contributed by atoms with Crippen molar-refractivity contribution in [2.45, 2.75) is 6.42 Å². The standard InChI is InChI=1S/C14H14N2O2/c17-14-16(8-9-18-14)7-3-4-11-10-15-13-6-2-1-5-12(11)13/h1-3,5-7,10,15H,4,8-9H2/b7-3+. The minimum absolute atomic E-state index is 0.259. The van der Waals surface area contributed by atoms with Crippen LogP contribution in [0.1, 0.15) is 5.56 Å². The predicted molar refractivity (Wildman–Crippen MR) is 69.2 cm³/mol. The molecule has 0 saturated carbocycles. The Morgan fingerprint density at radius 1 is 1.39 bits per heavy atom. The first-order valence-electron chi connectivity index (χ1n) is 5.99. The number of para-hydroxylation sites is 1. The second-order valence-electron chi connectivity index (χ2n) is 4.26. The molecular formula is C14H14N2O2. The topological polar surface area (TPSA) is 45.3 Å². The molecule has 0 aliphatic carbocycles. The van der Waals surface area contributed by atoms with Gasteiger partial charge < -0.3 is 9.72 Å². The Bertz CT molecular complexity index is 601. The maximum atomic E-state index is 11.2. The molecule has 0 radical (unpaired) electrons.